The fraction of sp³-hybridized carbons (Fsp3) is 0.273. The Labute approximate surface area is 105 Å². The minimum atomic E-state index is -2.78. The van der Waals surface area contributed by atoms with Gasteiger partial charge >= 0.3 is 8.25 Å². The van der Waals surface area contributed by atoms with Gasteiger partial charge in [-0.2, -0.15) is 0 Å². The highest BCUT2D eigenvalue weighted by Gasteiger charge is 2.33. The van der Waals surface area contributed by atoms with Crippen molar-refractivity contribution in [2.75, 3.05) is 5.01 Å². The highest BCUT2D eigenvalue weighted by atomic mass is 31.1. The van der Waals surface area contributed by atoms with E-state index in [1.165, 1.54) is 11.2 Å². The van der Waals surface area contributed by atoms with Crippen LogP contribution in [-0.4, -0.2) is 16.2 Å². The van der Waals surface area contributed by atoms with E-state index >= 15 is 0 Å². The van der Waals surface area contributed by atoms with Crippen molar-refractivity contribution in [3.05, 3.63) is 41.3 Å². The molecule has 1 aliphatic heterocycles. The Kier molecular flexibility index (Phi) is 3.52. The number of hydrogen-bond donors (Lipinski definition) is 3. The van der Waals surface area contributed by atoms with Gasteiger partial charge < -0.3 is 5.11 Å². The van der Waals surface area contributed by atoms with Gasteiger partial charge in [0.05, 0.1) is 11.9 Å². The van der Waals surface area contributed by atoms with Gasteiger partial charge in [-0.15, -0.1) is 4.89 Å². The number of anilines is 1. The Morgan fingerprint density at radius 2 is 1.94 bits per heavy atom. The molecule has 2 unspecified atom stereocenters. The Morgan fingerprint density at radius 1 is 1.33 bits per heavy atom. The number of benzene rings is 1. The van der Waals surface area contributed by atoms with Crippen molar-refractivity contribution in [3.63, 3.8) is 0 Å². The van der Waals surface area contributed by atoms with E-state index in [0.29, 0.717) is 0 Å². The van der Waals surface area contributed by atoms with Crippen molar-refractivity contribution in [1.82, 2.24) is 5.43 Å². The standard InChI is InChI=1S/C11H13N2O4P/c1-7-3-8(2)5-9(4-7)13-11(14)10(6-12-13)17-18(15)16/h3-6,11-12,14H,1-2H3/p+1. The molecule has 0 aromatic heterocycles. The summed E-state index contributed by atoms with van der Waals surface area (Å²) in [5, 5.41) is 11.4. The van der Waals surface area contributed by atoms with Crippen LogP contribution in [0.2, 0.25) is 0 Å². The predicted molar refractivity (Wildman–Crippen MR) is 66.5 cm³/mol. The molecule has 18 heavy (non-hydrogen) atoms. The Hall–Kier alpha value is -1.62. The maximum Gasteiger partial charge on any atom is 0.747 e. The lowest BCUT2D eigenvalue weighted by Gasteiger charge is -2.23. The molecule has 7 heteroatoms. The molecule has 0 aliphatic carbocycles. The number of aryl methyl sites for hydroxylation is 2. The smallest absolute Gasteiger partial charge is 0.365 e. The molecule has 1 heterocycles. The second-order valence-corrected chi connectivity index (χ2v) is 4.75. The molecule has 3 N–H and O–H groups in total. The van der Waals surface area contributed by atoms with Gasteiger partial charge in [0.15, 0.2) is 0 Å². The quantitative estimate of drug-likeness (QED) is 0.721. The molecule has 0 radical (unpaired) electrons. The summed E-state index contributed by atoms with van der Waals surface area (Å²) in [6, 6.07) is 5.79. The number of hydrogen-bond acceptors (Lipinski definition) is 5. The van der Waals surface area contributed by atoms with Crippen molar-refractivity contribution in [1.29, 1.82) is 0 Å². The van der Waals surface area contributed by atoms with E-state index in [2.05, 4.69) is 9.95 Å². The van der Waals surface area contributed by atoms with Gasteiger partial charge in [0.25, 0.3) is 0 Å². The zero-order valence-corrected chi connectivity index (χ0v) is 10.9. The third kappa shape index (κ3) is 2.61. The van der Waals surface area contributed by atoms with Crippen molar-refractivity contribution >= 4 is 13.9 Å². The van der Waals surface area contributed by atoms with Gasteiger partial charge in [-0.25, -0.2) is 4.52 Å². The summed E-state index contributed by atoms with van der Waals surface area (Å²) in [6.45, 7) is 3.91. The second kappa shape index (κ2) is 4.94. The highest BCUT2D eigenvalue weighted by molar-refractivity contribution is 7.32. The molecule has 96 valence electrons. The lowest BCUT2D eigenvalue weighted by Crippen LogP contribution is -2.38. The van der Waals surface area contributed by atoms with Crippen LogP contribution in [0.3, 0.4) is 0 Å². The number of nitrogens with one attached hydrogen (secondary N) is 1. The first-order valence-electron chi connectivity index (χ1n) is 5.33. The molecule has 1 aromatic rings. The van der Waals surface area contributed by atoms with Gasteiger partial charge in [0.2, 0.25) is 12.0 Å². The van der Waals surface area contributed by atoms with E-state index in [0.717, 1.165) is 16.8 Å². The summed E-state index contributed by atoms with van der Waals surface area (Å²) in [5.41, 5.74) is 5.66. The van der Waals surface area contributed by atoms with E-state index in [4.69, 9.17) is 4.89 Å². The Bertz CT molecular complexity index is 498. The number of rotatable bonds is 3. The average molecular weight is 269 g/mol. The maximum absolute atomic E-state index is 10.6. The van der Waals surface area contributed by atoms with Crippen LogP contribution in [-0.2, 0) is 9.09 Å². The Morgan fingerprint density at radius 3 is 2.50 bits per heavy atom. The van der Waals surface area contributed by atoms with Crippen molar-refractivity contribution in [2.45, 2.75) is 20.1 Å². The number of aliphatic hydroxyl groups excluding tert-OH is 1. The molecule has 6 nitrogen and oxygen atoms in total. The fourth-order valence-corrected chi connectivity index (χ4v) is 2.20. The van der Waals surface area contributed by atoms with Crippen LogP contribution in [0.4, 0.5) is 5.69 Å². The lowest BCUT2D eigenvalue weighted by molar-refractivity contribution is 0.161. The molecule has 2 rings (SSSR count). The van der Waals surface area contributed by atoms with E-state index in [1.54, 1.807) is 0 Å². The lowest BCUT2D eigenvalue weighted by atomic mass is 10.1. The number of hydrazine groups is 1. The monoisotopic (exact) mass is 269 g/mol. The highest BCUT2D eigenvalue weighted by Crippen LogP contribution is 2.29. The van der Waals surface area contributed by atoms with Crippen LogP contribution >= 0.6 is 8.25 Å². The molecule has 0 amide bonds. The zero-order chi connectivity index (χ0) is 13.3. The van der Waals surface area contributed by atoms with Gasteiger partial charge in [-0.1, -0.05) is 6.07 Å². The molecule has 0 saturated heterocycles. The predicted octanol–water partition coefficient (Wildman–Crippen LogP) is 1.45. The van der Waals surface area contributed by atoms with Crippen LogP contribution in [0.15, 0.2) is 30.2 Å². The largest absolute Gasteiger partial charge is 0.747 e. The first-order valence-corrected chi connectivity index (χ1v) is 6.46. The van der Waals surface area contributed by atoms with Crippen molar-refractivity contribution < 1.29 is 19.1 Å². The minimum Gasteiger partial charge on any atom is -0.365 e. The topological polar surface area (TPSA) is 82.0 Å². The molecule has 0 bridgehead atoms. The van der Waals surface area contributed by atoms with Crippen LogP contribution in [0.1, 0.15) is 11.1 Å². The van der Waals surface area contributed by atoms with Crippen LogP contribution < -0.4 is 10.4 Å². The summed E-state index contributed by atoms with van der Waals surface area (Å²) in [7, 11) is -2.78. The Balaban J connectivity index is 2.20. The van der Waals surface area contributed by atoms with Crippen LogP contribution in [0.5, 0.6) is 0 Å². The summed E-state index contributed by atoms with van der Waals surface area (Å²) in [4.78, 5) is 8.66. The molecule has 2 atom stereocenters. The van der Waals surface area contributed by atoms with Crippen LogP contribution in [0.25, 0.3) is 0 Å². The number of nitrogens with zero attached hydrogens (tertiary/aromatic N) is 1. The van der Waals surface area contributed by atoms with E-state index in [9.17, 15) is 9.67 Å². The normalized spacial score (nSPS) is 19.3. The van der Waals surface area contributed by atoms with Crippen molar-refractivity contribution in [3.8, 4) is 0 Å². The fourth-order valence-electron chi connectivity index (χ4n) is 1.87. The first kappa shape index (κ1) is 12.8. The molecular weight excluding hydrogens is 255 g/mol. The summed E-state index contributed by atoms with van der Waals surface area (Å²) in [6.07, 6.45) is 0.225. The van der Waals surface area contributed by atoms with Gasteiger partial charge in [-0.3, -0.25) is 10.4 Å². The molecular formula is C11H14N2O4P+. The SMILES string of the molecule is Cc1cc(C)cc(N2NC=C(O[P+](=O)O)C2O)c1. The van der Waals surface area contributed by atoms with E-state index in [1.807, 2.05) is 32.0 Å². The summed E-state index contributed by atoms with van der Waals surface area (Å²) in [5.74, 6) is 0.0118. The minimum absolute atomic E-state index is 0.0118. The van der Waals surface area contributed by atoms with Crippen LogP contribution in [0, 0.1) is 13.8 Å². The molecule has 1 aromatic carbocycles. The summed E-state index contributed by atoms with van der Waals surface area (Å²) < 4.78 is 15.2. The summed E-state index contributed by atoms with van der Waals surface area (Å²) >= 11 is 0. The number of aliphatic hydroxyl groups is 1. The van der Waals surface area contributed by atoms with Gasteiger partial charge in [0.1, 0.15) is 0 Å². The molecule has 0 saturated carbocycles. The van der Waals surface area contributed by atoms with Gasteiger partial charge in [-0.05, 0) is 37.1 Å². The van der Waals surface area contributed by atoms with Gasteiger partial charge in [0, 0.05) is 4.57 Å². The molecule has 0 spiro atoms. The van der Waals surface area contributed by atoms with E-state index < -0.39 is 14.5 Å². The zero-order valence-electron chi connectivity index (χ0n) is 9.99. The molecule has 0 fully saturated rings. The molecule has 1 aliphatic rings. The average Bonchev–Trinajstić information content (AvgIpc) is 2.58. The second-order valence-electron chi connectivity index (χ2n) is 4.09. The van der Waals surface area contributed by atoms with Crippen molar-refractivity contribution in [2.24, 2.45) is 0 Å². The third-order valence-corrected chi connectivity index (χ3v) is 2.88. The maximum atomic E-state index is 10.6. The van der Waals surface area contributed by atoms with E-state index in [-0.39, 0.29) is 5.76 Å². The first-order chi connectivity index (χ1) is 8.47. The third-order valence-electron chi connectivity index (χ3n) is 2.51.